The summed E-state index contributed by atoms with van der Waals surface area (Å²) in [5.74, 6) is 0. The highest BCUT2D eigenvalue weighted by molar-refractivity contribution is 7.25. The highest BCUT2D eigenvalue weighted by Crippen LogP contribution is 2.41. The fourth-order valence-electron chi connectivity index (χ4n) is 8.09. The van der Waals surface area contributed by atoms with Crippen molar-refractivity contribution in [3.8, 4) is 22.5 Å². The molecular formula is C46H28N2S. The third kappa shape index (κ3) is 3.88. The second kappa shape index (κ2) is 10.2. The number of nitrogens with zero attached hydrogens (tertiary/aromatic N) is 2. The first-order valence-electron chi connectivity index (χ1n) is 16.8. The van der Waals surface area contributed by atoms with E-state index in [1.54, 1.807) is 0 Å². The standard InChI is InChI=1S/C46H28N2S/c1-2-11-32(12-3-1)48-43-24-20-31(27-39(43)37-22-18-29-10-4-5-13-34(29)46(37)48)30-19-23-42-38(26-30)35-14-6-8-16-41(35)47(42)33-21-25-45-40(28-33)36-15-7-9-17-44(36)49-45/h1-28H. The smallest absolute Gasteiger partial charge is 0.0619 e. The van der Waals surface area contributed by atoms with Crippen LogP contribution >= 0.6 is 11.3 Å². The first-order chi connectivity index (χ1) is 24.3. The van der Waals surface area contributed by atoms with Crippen LogP contribution in [0.2, 0.25) is 0 Å². The van der Waals surface area contributed by atoms with E-state index in [1.165, 1.54) is 97.1 Å². The summed E-state index contributed by atoms with van der Waals surface area (Å²) in [6.45, 7) is 0. The molecule has 8 aromatic carbocycles. The number of thiophene rings is 1. The van der Waals surface area contributed by atoms with Gasteiger partial charge in [-0.15, -0.1) is 11.3 Å². The number of fused-ring (bicyclic) bond motifs is 11. The number of para-hydroxylation sites is 2. The molecule has 0 saturated heterocycles. The fourth-order valence-corrected chi connectivity index (χ4v) is 9.18. The van der Waals surface area contributed by atoms with E-state index in [-0.39, 0.29) is 0 Å². The molecule has 3 aromatic heterocycles. The largest absolute Gasteiger partial charge is 0.309 e. The Labute approximate surface area is 286 Å². The average molecular weight is 641 g/mol. The van der Waals surface area contributed by atoms with Crippen molar-refractivity contribution in [1.82, 2.24) is 9.13 Å². The normalized spacial score (nSPS) is 12.1. The Morgan fingerprint density at radius 2 is 0.959 bits per heavy atom. The lowest BCUT2D eigenvalue weighted by Crippen LogP contribution is -1.94. The Kier molecular flexibility index (Phi) is 5.57. The van der Waals surface area contributed by atoms with Gasteiger partial charge in [-0.2, -0.15) is 0 Å². The summed E-state index contributed by atoms with van der Waals surface area (Å²) < 4.78 is 7.52. The maximum atomic E-state index is 2.43. The van der Waals surface area contributed by atoms with Crippen LogP contribution in [0.3, 0.4) is 0 Å². The molecule has 11 rings (SSSR count). The van der Waals surface area contributed by atoms with Gasteiger partial charge in [0.2, 0.25) is 0 Å². The van der Waals surface area contributed by atoms with Crippen LogP contribution in [0.4, 0.5) is 0 Å². The first kappa shape index (κ1) is 26.9. The van der Waals surface area contributed by atoms with Gasteiger partial charge < -0.3 is 9.13 Å². The van der Waals surface area contributed by atoms with Gasteiger partial charge >= 0.3 is 0 Å². The van der Waals surface area contributed by atoms with E-state index in [4.69, 9.17) is 0 Å². The zero-order valence-corrected chi connectivity index (χ0v) is 27.3. The van der Waals surface area contributed by atoms with Gasteiger partial charge in [0, 0.05) is 58.5 Å². The minimum atomic E-state index is 1.18. The minimum Gasteiger partial charge on any atom is -0.309 e. The predicted octanol–water partition coefficient (Wildman–Crippen LogP) is 13.1. The molecule has 0 bridgehead atoms. The molecule has 0 saturated carbocycles. The summed E-state index contributed by atoms with van der Waals surface area (Å²) in [6, 6.07) is 62.5. The molecule has 0 N–H and O–H groups in total. The molecule has 0 unspecified atom stereocenters. The number of benzene rings is 8. The van der Waals surface area contributed by atoms with Crippen molar-refractivity contribution in [1.29, 1.82) is 0 Å². The molecule has 3 heterocycles. The SMILES string of the molecule is c1ccc(-n2c3ccc(-c4ccc5c(c4)c4ccccc4n5-c4ccc5sc6ccccc6c5c4)cc3c3ccc4ccccc4c32)cc1. The second-order valence-electron chi connectivity index (χ2n) is 12.9. The molecule has 11 aromatic rings. The van der Waals surface area contributed by atoms with Crippen LogP contribution in [0.1, 0.15) is 0 Å². The van der Waals surface area contributed by atoms with Crippen LogP contribution in [0.25, 0.3) is 97.1 Å². The van der Waals surface area contributed by atoms with Gasteiger partial charge in [-0.05, 0) is 83.2 Å². The highest BCUT2D eigenvalue weighted by Gasteiger charge is 2.18. The number of rotatable bonds is 3. The predicted molar refractivity (Wildman–Crippen MR) is 211 cm³/mol. The van der Waals surface area contributed by atoms with E-state index < -0.39 is 0 Å². The average Bonchev–Trinajstić information content (AvgIpc) is 3.82. The molecule has 3 heteroatoms. The lowest BCUT2D eigenvalue weighted by Gasteiger charge is -2.10. The summed E-state index contributed by atoms with van der Waals surface area (Å²) in [7, 11) is 0. The van der Waals surface area contributed by atoms with E-state index in [0.29, 0.717) is 0 Å². The molecule has 49 heavy (non-hydrogen) atoms. The van der Waals surface area contributed by atoms with Crippen LogP contribution in [0.15, 0.2) is 170 Å². The molecule has 0 aliphatic rings. The van der Waals surface area contributed by atoms with Crippen LogP contribution in [0.5, 0.6) is 0 Å². The van der Waals surface area contributed by atoms with E-state index in [9.17, 15) is 0 Å². The number of hydrogen-bond donors (Lipinski definition) is 0. The van der Waals surface area contributed by atoms with E-state index >= 15 is 0 Å². The third-order valence-corrected chi connectivity index (χ3v) is 11.4. The van der Waals surface area contributed by atoms with Crippen molar-refractivity contribution in [2.24, 2.45) is 0 Å². The molecule has 2 nitrogen and oxygen atoms in total. The van der Waals surface area contributed by atoms with Gasteiger partial charge in [0.05, 0.1) is 22.1 Å². The lowest BCUT2D eigenvalue weighted by atomic mass is 10.00. The maximum absolute atomic E-state index is 2.43. The Morgan fingerprint density at radius 3 is 1.80 bits per heavy atom. The first-order valence-corrected chi connectivity index (χ1v) is 17.6. The summed E-state index contributed by atoms with van der Waals surface area (Å²) in [6.07, 6.45) is 0. The number of aromatic nitrogens is 2. The summed E-state index contributed by atoms with van der Waals surface area (Å²) in [4.78, 5) is 0. The Bertz CT molecular complexity index is 3100. The van der Waals surface area contributed by atoms with E-state index in [0.717, 1.165) is 0 Å². The third-order valence-electron chi connectivity index (χ3n) is 10.3. The van der Waals surface area contributed by atoms with Gasteiger partial charge in [-0.3, -0.25) is 0 Å². The topological polar surface area (TPSA) is 9.86 Å². The van der Waals surface area contributed by atoms with Crippen molar-refractivity contribution < 1.29 is 0 Å². The molecule has 0 fully saturated rings. The highest BCUT2D eigenvalue weighted by atomic mass is 32.1. The molecule has 228 valence electrons. The monoisotopic (exact) mass is 640 g/mol. The zero-order valence-electron chi connectivity index (χ0n) is 26.5. The Balaban J connectivity index is 1.13. The molecule has 0 aliphatic heterocycles. The van der Waals surface area contributed by atoms with Gasteiger partial charge in [-0.25, -0.2) is 0 Å². The van der Waals surface area contributed by atoms with Crippen LogP contribution < -0.4 is 0 Å². The van der Waals surface area contributed by atoms with Gasteiger partial charge in [0.25, 0.3) is 0 Å². The summed E-state index contributed by atoms with van der Waals surface area (Å²) >= 11 is 1.87. The molecule has 0 amide bonds. The number of hydrogen-bond acceptors (Lipinski definition) is 1. The van der Waals surface area contributed by atoms with Gasteiger partial charge in [-0.1, -0.05) is 103 Å². The van der Waals surface area contributed by atoms with Crippen molar-refractivity contribution in [3.63, 3.8) is 0 Å². The molecular weight excluding hydrogens is 613 g/mol. The fraction of sp³-hybridized carbons (Fsp3) is 0. The van der Waals surface area contributed by atoms with Crippen molar-refractivity contribution in [2.45, 2.75) is 0 Å². The van der Waals surface area contributed by atoms with Gasteiger partial charge in [0.15, 0.2) is 0 Å². The maximum Gasteiger partial charge on any atom is 0.0619 e. The Morgan fingerprint density at radius 1 is 0.327 bits per heavy atom. The quantitative estimate of drug-likeness (QED) is 0.182. The van der Waals surface area contributed by atoms with Crippen molar-refractivity contribution >= 4 is 85.9 Å². The molecule has 0 aliphatic carbocycles. The van der Waals surface area contributed by atoms with Crippen LogP contribution in [-0.2, 0) is 0 Å². The van der Waals surface area contributed by atoms with Crippen LogP contribution in [-0.4, -0.2) is 9.13 Å². The lowest BCUT2D eigenvalue weighted by molar-refractivity contribution is 1.19. The molecule has 0 spiro atoms. The molecule has 0 radical (unpaired) electrons. The summed E-state index contributed by atoms with van der Waals surface area (Å²) in [5, 5.41) is 10.2. The van der Waals surface area contributed by atoms with E-state index in [2.05, 4.69) is 179 Å². The van der Waals surface area contributed by atoms with Crippen molar-refractivity contribution in [2.75, 3.05) is 0 Å². The Hall–Kier alpha value is -6.16. The van der Waals surface area contributed by atoms with E-state index in [1.807, 2.05) is 11.3 Å². The van der Waals surface area contributed by atoms with Gasteiger partial charge in [0.1, 0.15) is 0 Å². The zero-order chi connectivity index (χ0) is 32.1. The summed E-state index contributed by atoms with van der Waals surface area (Å²) in [5.41, 5.74) is 9.72. The van der Waals surface area contributed by atoms with Crippen molar-refractivity contribution in [3.05, 3.63) is 170 Å². The minimum absolute atomic E-state index is 1.18. The second-order valence-corrected chi connectivity index (χ2v) is 14.0. The molecule has 0 atom stereocenters. The van der Waals surface area contributed by atoms with Crippen LogP contribution in [0, 0.1) is 0 Å².